The molecule has 0 amide bonds. The molecule has 84 valence electrons. The Bertz CT molecular complexity index is 573. The molecule has 5 heteroatoms. The van der Waals surface area contributed by atoms with Crippen molar-refractivity contribution in [1.29, 1.82) is 5.26 Å². The average molecular weight is 242 g/mol. The van der Waals surface area contributed by atoms with Crippen molar-refractivity contribution in [3.8, 4) is 16.6 Å². The highest BCUT2D eigenvalue weighted by atomic mass is 32.1. The molecule has 0 radical (unpaired) electrons. The van der Waals surface area contributed by atoms with Crippen LogP contribution in [-0.4, -0.2) is 16.5 Å². The summed E-state index contributed by atoms with van der Waals surface area (Å²) in [5.41, 5.74) is 2.70. The molecule has 4 nitrogen and oxygen atoms in total. The SMILES string of the molecule is N#Cc1cncc(-c2nc3c(s2)CNCC3)c1. The second-order valence-electron chi connectivity index (χ2n) is 3.89. The van der Waals surface area contributed by atoms with Crippen molar-refractivity contribution in [2.24, 2.45) is 0 Å². The van der Waals surface area contributed by atoms with Crippen molar-refractivity contribution in [3.63, 3.8) is 0 Å². The summed E-state index contributed by atoms with van der Waals surface area (Å²) in [6, 6.07) is 3.94. The van der Waals surface area contributed by atoms with Crippen molar-refractivity contribution in [1.82, 2.24) is 15.3 Å². The average Bonchev–Trinajstić information content (AvgIpc) is 2.82. The second-order valence-corrected chi connectivity index (χ2v) is 4.97. The van der Waals surface area contributed by atoms with Gasteiger partial charge in [-0.3, -0.25) is 4.98 Å². The van der Waals surface area contributed by atoms with Gasteiger partial charge in [0.15, 0.2) is 0 Å². The number of thiazole rings is 1. The van der Waals surface area contributed by atoms with E-state index < -0.39 is 0 Å². The van der Waals surface area contributed by atoms with Crippen LogP contribution >= 0.6 is 11.3 Å². The predicted octanol–water partition coefficient (Wildman–Crippen LogP) is 1.72. The zero-order valence-electron chi connectivity index (χ0n) is 9.10. The van der Waals surface area contributed by atoms with E-state index in [0.29, 0.717) is 5.56 Å². The monoisotopic (exact) mass is 242 g/mol. The van der Waals surface area contributed by atoms with E-state index in [1.54, 1.807) is 23.7 Å². The molecular formula is C12H10N4S. The summed E-state index contributed by atoms with van der Waals surface area (Å²) >= 11 is 1.68. The quantitative estimate of drug-likeness (QED) is 0.827. The van der Waals surface area contributed by atoms with Crippen LogP contribution in [-0.2, 0) is 13.0 Å². The van der Waals surface area contributed by atoms with Gasteiger partial charge in [-0.2, -0.15) is 5.26 Å². The Balaban J connectivity index is 2.03. The summed E-state index contributed by atoms with van der Waals surface area (Å²) in [6.45, 7) is 1.89. The summed E-state index contributed by atoms with van der Waals surface area (Å²) in [5, 5.41) is 13.1. The lowest BCUT2D eigenvalue weighted by molar-refractivity contribution is 0.644. The van der Waals surface area contributed by atoms with Crippen LogP contribution in [0, 0.1) is 11.3 Å². The van der Waals surface area contributed by atoms with Crippen LogP contribution in [0.1, 0.15) is 16.1 Å². The summed E-state index contributed by atoms with van der Waals surface area (Å²) in [5.74, 6) is 0. The first kappa shape index (κ1) is 10.4. The van der Waals surface area contributed by atoms with E-state index in [0.717, 1.165) is 30.1 Å². The molecule has 0 aromatic carbocycles. The highest BCUT2D eigenvalue weighted by Crippen LogP contribution is 2.29. The van der Waals surface area contributed by atoms with Crippen LogP contribution in [0.3, 0.4) is 0 Å². The fraction of sp³-hybridized carbons (Fsp3) is 0.250. The molecule has 3 heterocycles. The van der Waals surface area contributed by atoms with Crippen molar-refractivity contribution < 1.29 is 0 Å². The molecular weight excluding hydrogens is 232 g/mol. The lowest BCUT2D eigenvalue weighted by atomic mass is 10.2. The van der Waals surface area contributed by atoms with Gasteiger partial charge in [-0.15, -0.1) is 11.3 Å². The van der Waals surface area contributed by atoms with Crippen molar-refractivity contribution in [2.75, 3.05) is 6.54 Å². The molecule has 1 aliphatic heterocycles. The van der Waals surface area contributed by atoms with Crippen LogP contribution in [0.2, 0.25) is 0 Å². The second kappa shape index (κ2) is 4.24. The van der Waals surface area contributed by atoms with Gasteiger partial charge in [0.2, 0.25) is 0 Å². The summed E-state index contributed by atoms with van der Waals surface area (Å²) in [7, 11) is 0. The molecule has 2 aromatic heterocycles. The molecule has 2 aromatic rings. The third kappa shape index (κ3) is 1.93. The molecule has 1 N–H and O–H groups in total. The van der Waals surface area contributed by atoms with Gasteiger partial charge in [-0.1, -0.05) is 0 Å². The molecule has 0 spiro atoms. The maximum Gasteiger partial charge on any atom is 0.125 e. The molecule has 0 unspecified atom stereocenters. The zero-order valence-corrected chi connectivity index (χ0v) is 9.92. The number of aromatic nitrogens is 2. The number of nitrogens with one attached hydrogen (secondary N) is 1. The van der Waals surface area contributed by atoms with Gasteiger partial charge in [0.25, 0.3) is 0 Å². The van der Waals surface area contributed by atoms with Gasteiger partial charge in [-0.25, -0.2) is 4.98 Å². The molecule has 0 bridgehead atoms. The minimum Gasteiger partial charge on any atom is -0.311 e. The largest absolute Gasteiger partial charge is 0.311 e. The summed E-state index contributed by atoms with van der Waals surface area (Å²) < 4.78 is 0. The smallest absolute Gasteiger partial charge is 0.125 e. The topological polar surface area (TPSA) is 61.6 Å². The van der Waals surface area contributed by atoms with Crippen molar-refractivity contribution in [3.05, 3.63) is 34.6 Å². The van der Waals surface area contributed by atoms with E-state index in [4.69, 9.17) is 5.26 Å². The van der Waals surface area contributed by atoms with Crippen LogP contribution < -0.4 is 5.32 Å². The van der Waals surface area contributed by atoms with Gasteiger partial charge < -0.3 is 5.32 Å². The van der Waals surface area contributed by atoms with Gasteiger partial charge >= 0.3 is 0 Å². The molecule has 0 aliphatic carbocycles. The first-order valence-electron chi connectivity index (χ1n) is 5.41. The third-order valence-electron chi connectivity index (χ3n) is 2.72. The fourth-order valence-electron chi connectivity index (χ4n) is 1.87. The molecule has 0 saturated carbocycles. The lowest BCUT2D eigenvalue weighted by Gasteiger charge is -2.09. The maximum absolute atomic E-state index is 8.85. The minimum absolute atomic E-state index is 0.578. The van der Waals surface area contributed by atoms with Crippen LogP contribution in [0.15, 0.2) is 18.5 Å². The van der Waals surface area contributed by atoms with Crippen LogP contribution in [0.25, 0.3) is 10.6 Å². The normalized spacial score (nSPS) is 14.1. The predicted molar refractivity (Wildman–Crippen MR) is 65.5 cm³/mol. The van der Waals surface area contributed by atoms with E-state index in [9.17, 15) is 0 Å². The van der Waals surface area contributed by atoms with Gasteiger partial charge in [0.1, 0.15) is 11.1 Å². The number of hydrogen-bond acceptors (Lipinski definition) is 5. The van der Waals surface area contributed by atoms with Crippen LogP contribution in [0.5, 0.6) is 0 Å². The van der Waals surface area contributed by atoms with Gasteiger partial charge in [0.05, 0.1) is 11.3 Å². The number of rotatable bonds is 1. The van der Waals surface area contributed by atoms with E-state index in [2.05, 4.69) is 21.4 Å². The Labute approximate surface area is 103 Å². The lowest BCUT2D eigenvalue weighted by Crippen LogP contribution is -2.22. The van der Waals surface area contributed by atoms with Crippen molar-refractivity contribution in [2.45, 2.75) is 13.0 Å². The first-order chi connectivity index (χ1) is 8.36. The standard InChI is InChI=1S/C12H10N4S/c13-4-8-3-9(6-15-5-8)12-16-10-1-2-14-7-11(10)17-12/h3,5-6,14H,1-2,7H2. The molecule has 1 aliphatic rings. The number of nitrogens with zero attached hydrogens (tertiary/aromatic N) is 3. The summed E-state index contributed by atoms with van der Waals surface area (Å²) in [4.78, 5) is 9.99. The highest BCUT2D eigenvalue weighted by molar-refractivity contribution is 7.15. The summed E-state index contributed by atoms with van der Waals surface area (Å²) in [6.07, 6.45) is 4.31. The van der Waals surface area contributed by atoms with Gasteiger partial charge in [-0.05, 0) is 6.07 Å². The Morgan fingerprint density at radius 2 is 2.35 bits per heavy atom. The number of hydrogen-bond donors (Lipinski definition) is 1. The zero-order chi connectivity index (χ0) is 11.7. The van der Waals surface area contributed by atoms with E-state index in [-0.39, 0.29) is 0 Å². The van der Waals surface area contributed by atoms with Gasteiger partial charge in [0, 0.05) is 42.3 Å². The van der Waals surface area contributed by atoms with E-state index in [1.165, 1.54) is 10.6 Å². The number of fused-ring (bicyclic) bond motifs is 1. The highest BCUT2D eigenvalue weighted by Gasteiger charge is 2.15. The van der Waals surface area contributed by atoms with E-state index in [1.807, 2.05) is 6.07 Å². The van der Waals surface area contributed by atoms with Crippen molar-refractivity contribution >= 4 is 11.3 Å². The number of pyridine rings is 1. The molecule has 0 saturated heterocycles. The Morgan fingerprint density at radius 3 is 3.18 bits per heavy atom. The number of nitriles is 1. The Morgan fingerprint density at radius 1 is 1.41 bits per heavy atom. The molecule has 0 fully saturated rings. The Hall–Kier alpha value is -1.77. The Kier molecular flexibility index (Phi) is 2.59. The van der Waals surface area contributed by atoms with Crippen LogP contribution in [0.4, 0.5) is 0 Å². The third-order valence-corrected chi connectivity index (χ3v) is 3.86. The minimum atomic E-state index is 0.578. The molecule has 17 heavy (non-hydrogen) atoms. The fourth-order valence-corrected chi connectivity index (χ4v) is 2.93. The first-order valence-corrected chi connectivity index (χ1v) is 6.23. The maximum atomic E-state index is 8.85. The molecule has 3 rings (SSSR count). The molecule has 0 atom stereocenters. The van der Waals surface area contributed by atoms with E-state index >= 15 is 0 Å².